The normalized spacial score (nSPS) is 11.3. The molecule has 1 rings (SSSR count). The largest absolute Gasteiger partial charge is 0.574 e. The maximum Gasteiger partial charge on any atom is 0.574 e. The Morgan fingerprint density at radius 3 is 2.50 bits per heavy atom. The third-order valence-electron chi connectivity index (χ3n) is 1.97. The first-order valence-corrected chi connectivity index (χ1v) is 4.54. The molecule has 0 aliphatic carbocycles. The van der Waals surface area contributed by atoms with Crippen LogP contribution in [0.5, 0.6) is 5.88 Å². The molecular formula is C9H8F4N2O3. The number of carbonyl (C=O) groups is 1. The fourth-order valence-corrected chi connectivity index (χ4v) is 1.28. The molecule has 1 aromatic rings. The number of carboxylic acid groups (broad SMARTS) is 1. The molecule has 0 fully saturated rings. The van der Waals surface area contributed by atoms with Crippen LogP contribution < -0.4 is 10.5 Å². The zero-order chi connectivity index (χ0) is 13.9. The molecule has 3 N–H and O–H groups in total. The summed E-state index contributed by atoms with van der Waals surface area (Å²) in [6.07, 6.45) is -4.98. The summed E-state index contributed by atoms with van der Waals surface area (Å²) in [5.74, 6) is -2.39. The topological polar surface area (TPSA) is 85.4 Å². The second-order valence-electron chi connectivity index (χ2n) is 3.23. The summed E-state index contributed by atoms with van der Waals surface area (Å²) < 4.78 is 52.3. The second kappa shape index (κ2) is 5.07. The molecule has 0 atom stereocenters. The van der Waals surface area contributed by atoms with Gasteiger partial charge in [-0.2, -0.15) is 0 Å². The summed E-state index contributed by atoms with van der Waals surface area (Å²) in [7, 11) is 0. The predicted molar refractivity (Wildman–Crippen MR) is 51.5 cm³/mol. The number of alkyl halides is 4. The molecule has 0 spiro atoms. The molecule has 0 aliphatic heterocycles. The molecule has 0 aromatic carbocycles. The summed E-state index contributed by atoms with van der Waals surface area (Å²) in [5.41, 5.74) is 4.25. The highest BCUT2D eigenvalue weighted by atomic mass is 19.4. The number of nitrogen functional groups attached to an aromatic ring is 1. The van der Waals surface area contributed by atoms with Crippen molar-refractivity contribution in [1.29, 1.82) is 0 Å². The van der Waals surface area contributed by atoms with Crippen molar-refractivity contribution in [2.45, 2.75) is 19.5 Å². The van der Waals surface area contributed by atoms with E-state index < -0.39 is 36.9 Å². The SMILES string of the molecule is Nc1cnc(OC(F)(F)F)c(CF)c1CC(=O)O. The molecule has 1 heterocycles. The van der Waals surface area contributed by atoms with Crippen molar-refractivity contribution in [2.75, 3.05) is 5.73 Å². The van der Waals surface area contributed by atoms with Crippen molar-refractivity contribution in [3.8, 4) is 5.88 Å². The number of hydrogen-bond acceptors (Lipinski definition) is 4. The Hall–Kier alpha value is -2.06. The lowest BCUT2D eigenvalue weighted by Gasteiger charge is -2.14. The Morgan fingerprint density at radius 2 is 2.06 bits per heavy atom. The lowest BCUT2D eigenvalue weighted by molar-refractivity contribution is -0.276. The van der Waals surface area contributed by atoms with Crippen LogP contribution in [0.2, 0.25) is 0 Å². The van der Waals surface area contributed by atoms with Gasteiger partial charge in [0.05, 0.1) is 23.9 Å². The van der Waals surface area contributed by atoms with Crippen LogP contribution in [0.25, 0.3) is 0 Å². The molecule has 18 heavy (non-hydrogen) atoms. The van der Waals surface area contributed by atoms with Crippen molar-refractivity contribution >= 4 is 11.7 Å². The summed E-state index contributed by atoms with van der Waals surface area (Å²) in [4.78, 5) is 13.7. The van der Waals surface area contributed by atoms with Crippen LogP contribution in [0.1, 0.15) is 11.1 Å². The Kier molecular flexibility index (Phi) is 3.94. The number of ether oxygens (including phenoxy) is 1. The molecule has 5 nitrogen and oxygen atoms in total. The van der Waals surface area contributed by atoms with Crippen LogP contribution in [0.3, 0.4) is 0 Å². The summed E-state index contributed by atoms with van der Waals surface area (Å²) in [5, 5.41) is 8.57. The van der Waals surface area contributed by atoms with Crippen molar-refractivity contribution in [3.05, 3.63) is 17.3 Å². The number of hydrogen-bond donors (Lipinski definition) is 2. The number of nitrogens with zero attached hydrogens (tertiary/aromatic N) is 1. The first kappa shape index (κ1) is 14.0. The molecule has 0 unspecified atom stereocenters. The minimum atomic E-state index is -5.05. The quantitative estimate of drug-likeness (QED) is 0.811. The third kappa shape index (κ3) is 3.47. The van der Waals surface area contributed by atoms with Gasteiger partial charge < -0.3 is 15.6 Å². The number of aliphatic carboxylic acids is 1. The van der Waals surface area contributed by atoms with Gasteiger partial charge in [0.15, 0.2) is 0 Å². The number of rotatable bonds is 4. The van der Waals surface area contributed by atoms with Crippen molar-refractivity contribution in [1.82, 2.24) is 4.98 Å². The van der Waals surface area contributed by atoms with E-state index in [4.69, 9.17) is 10.8 Å². The molecule has 1 aromatic heterocycles. The number of halogens is 4. The lowest BCUT2D eigenvalue weighted by atomic mass is 10.1. The van der Waals surface area contributed by atoms with Crippen molar-refractivity contribution in [3.63, 3.8) is 0 Å². The van der Waals surface area contributed by atoms with E-state index in [1.807, 2.05) is 0 Å². The fourth-order valence-electron chi connectivity index (χ4n) is 1.28. The average molecular weight is 268 g/mol. The van der Waals surface area contributed by atoms with Gasteiger partial charge in [-0.15, -0.1) is 13.2 Å². The van der Waals surface area contributed by atoms with Crippen LogP contribution in [0.4, 0.5) is 23.2 Å². The van der Waals surface area contributed by atoms with Gasteiger partial charge in [0.25, 0.3) is 0 Å². The summed E-state index contributed by atoms with van der Waals surface area (Å²) >= 11 is 0. The summed E-state index contributed by atoms with van der Waals surface area (Å²) in [6.45, 7) is -1.37. The van der Waals surface area contributed by atoms with Crippen molar-refractivity contribution in [2.24, 2.45) is 0 Å². The first-order chi connectivity index (χ1) is 8.24. The average Bonchev–Trinajstić information content (AvgIpc) is 2.20. The Labute approximate surface area is 98.2 Å². The van der Waals surface area contributed by atoms with Gasteiger partial charge in [-0.05, 0) is 5.56 Å². The van der Waals surface area contributed by atoms with Crippen LogP contribution in [0.15, 0.2) is 6.20 Å². The number of carboxylic acids is 1. The Balaban J connectivity index is 3.24. The van der Waals surface area contributed by atoms with E-state index in [1.54, 1.807) is 0 Å². The van der Waals surface area contributed by atoms with Crippen LogP contribution in [-0.4, -0.2) is 22.4 Å². The highest BCUT2D eigenvalue weighted by Crippen LogP contribution is 2.30. The van der Waals surface area contributed by atoms with E-state index >= 15 is 0 Å². The van der Waals surface area contributed by atoms with Crippen LogP contribution in [0, 0.1) is 0 Å². The minimum Gasteiger partial charge on any atom is -0.481 e. The van der Waals surface area contributed by atoms with Gasteiger partial charge >= 0.3 is 12.3 Å². The summed E-state index contributed by atoms with van der Waals surface area (Å²) in [6, 6.07) is 0. The van der Waals surface area contributed by atoms with Crippen LogP contribution in [-0.2, 0) is 17.9 Å². The maximum atomic E-state index is 12.7. The van der Waals surface area contributed by atoms with E-state index in [-0.39, 0.29) is 11.3 Å². The van der Waals surface area contributed by atoms with Gasteiger partial charge in [0.1, 0.15) is 6.67 Å². The molecule has 100 valence electrons. The van der Waals surface area contributed by atoms with E-state index in [2.05, 4.69) is 9.72 Å². The van der Waals surface area contributed by atoms with Crippen molar-refractivity contribution < 1.29 is 32.2 Å². The Morgan fingerprint density at radius 1 is 1.44 bits per heavy atom. The zero-order valence-electron chi connectivity index (χ0n) is 8.79. The Bertz CT molecular complexity index is 462. The number of anilines is 1. The molecule has 0 bridgehead atoms. The smallest absolute Gasteiger partial charge is 0.481 e. The van der Waals surface area contributed by atoms with Gasteiger partial charge in [0.2, 0.25) is 5.88 Å². The predicted octanol–water partition coefficient (Wildman–Crippen LogP) is 1.66. The third-order valence-corrected chi connectivity index (χ3v) is 1.97. The molecule has 0 saturated heterocycles. The van der Waals surface area contributed by atoms with E-state index in [1.165, 1.54) is 0 Å². The van der Waals surface area contributed by atoms with Gasteiger partial charge in [-0.1, -0.05) is 0 Å². The van der Waals surface area contributed by atoms with Gasteiger partial charge in [0, 0.05) is 0 Å². The highest BCUT2D eigenvalue weighted by molar-refractivity contribution is 5.74. The van der Waals surface area contributed by atoms with Gasteiger partial charge in [-0.3, -0.25) is 4.79 Å². The van der Waals surface area contributed by atoms with Gasteiger partial charge in [-0.25, -0.2) is 9.37 Å². The molecule has 0 radical (unpaired) electrons. The molecule has 0 aliphatic rings. The van der Waals surface area contributed by atoms with E-state index in [0.717, 1.165) is 6.20 Å². The minimum absolute atomic E-state index is 0.209. The number of aromatic nitrogens is 1. The number of pyridine rings is 1. The molecular weight excluding hydrogens is 260 g/mol. The van der Waals surface area contributed by atoms with E-state index in [9.17, 15) is 22.4 Å². The standard InChI is InChI=1S/C9H8F4N2O3/c10-2-5-4(1-7(16)17)6(14)3-15-8(5)18-9(11,12)13/h3H,1-2,14H2,(H,16,17). The molecule has 0 saturated carbocycles. The molecule has 9 heteroatoms. The molecule has 0 amide bonds. The lowest BCUT2D eigenvalue weighted by Crippen LogP contribution is -2.20. The zero-order valence-corrected chi connectivity index (χ0v) is 8.79. The number of nitrogens with two attached hydrogens (primary N) is 1. The monoisotopic (exact) mass is 268 g/mol. The second-order valence-corrected chi connectivity index (χ2v) is 3.23. The van der Waals surface area contributed by atoms with E-state index in [0.29, 0.717) is 0 Å². The maximum absolute atomic E-state index is 12.7. The van der Waals surface area contributed by atoms with Crippen LogP contribution >= 0.6 is 0 Å². The highest BCUT2D eigenvalue weighted by Gasteiger charge is 2.33. The fraction of sp³-hybridized carbons (Fsp3) is 0.333. The first-order valence-electron chi connectivity index (χ1n) is 4.54.